The van der Waals surface area contributed by atoms with Crippen LogP contribution in [0.2, 0.25) is 0 Å². The summed E-state index contributed by atoms with van der Waals surface area (Å²) >= 11 is 1.33. The van der Waals surface area contributed by atoms with E-state index in [1.165, 1.54) is 16.2 Å². The number of carbonyl (C=O) groups excluding carboxylic acids is 2. The van der Waals surface area contributed by atoms with E-state index >= 15 is 0 Å². The molecule has 0 aliphatic carbocycles. The summed E-state index contributed by atoms with van der Waals surface area (Å²) in [6.07, 6.45) is 3.92. The Morgan fingerprint density at radius 2 is 1.91 bits per heavy atom. The fraction of sp³-hybridized carbons (Fsp3) is 0.120. The number of aromatic nitrogens is 2. The monoisotopic (exact) mass is 455 g/mol. The molecule has 8 heteroatoms. The van der Waals surface area contributed by atoms with Crippen molar-refractivity contribution in [2.75, 3.05) is 11.5 Å². The maximum Gasteiger partial charge on any atom is 0.301 e. The first-order valence-corrected chi connectivity index (χ1v) is 11.3. The number of pyridine rings is 1. The predicted octanol–water partition coefficient (Wildman–Crippen LogP) is 4.25. The summed E-state index contributed by atoms with van der Waals surface area (Å²) in [5, 5.41) is 11.7. The summed E-state index contributed by atoms with van der Waals surface area (Å²) in [5.74, 6) is -0.909. The molecule has 0 bridgehead atoms. The topological polar surface area (TPSA) is 92.6 Å². The van der Waals surface area contributed by atoms with Crippen LogP contribution in [0.1, 0.15) is 22.7 Å². The molecule has 1 atom stereocenters. The summed E-state index contributed by atoms with van der Waals surface area (Å²) in [6.45, 7) is 0.582. The van der Waals surface area contributed by atoms with Gasteiger partial charge >= 0.3 is 5.91 Å². The van der Waals surface area contributed by atoms with Crippen LogP contribution in [-0.2, 0) is 16.0 Å². The first-order chi connectivity index (χ1) is 16.1. The molecule has 7 nitrogen and oxygen atoms in total. The second kappa shape index (κ2) is 7.53. The van der Waals surface area contributed by atoms with Gasteiger partial charge in [-0.15, -0.1) is 0 Å². The summed E-state index contributed by atoms with van der Waals surface area (Å²) in [4.78, 5) is 36.6. The molecular formula is C25H17N3O4S. The van der Waals surface area contributed by atoms with Gasteiger partial charge in [-0.2, -0.15) is 0 Å². The van der Waals surface area contributed by atoms with E-state index in [0.29, 0.717) is 22.9 Å². The highest BCUT2D eigenvalue weighted by Gasteiger charge is 2.48. The van der Waals surface area contributed by atoms with Crippen molar-refractivity contribution in [2.24, 2.45) is 0 Å². The Labute approximate surface area is 192 Å². The number of hydrogen-bond acceptors (Lipinski definition) is 7. The molecule has 6 rings (SSSR count). The predicted molar refractivity (Wildman–Crippen MR) is 124 cm³/mol. The van der Waals surface area contributed by atoms with E-state index in [0.717, 1.165) is 28.0 Å². The number of anilines is 1. The van der Waals surface area contributed by atoms with Gasteiger partial charge in [0.05, 0.1) is 28.4 Å². The number of nitrogens with zero attached hydrogens (tertiary/aromatic N) is 3. The summed E-state index contributed by atoms with van der Waals surface area (Å²) in [5.41, 5.74) is 2.87. The number of aliphatic hydroxyl groups is 1. The highest BCUT2D eigenvalue weighted by molar-refractivity contribution is 7.22. The van der Waals surface area contributed by atoms with Crippen molar-refractivity contribution in [1.29, 1.82) is 0 Å². The van der Waals surface area contributed by atoms with E-state index in [1.54, 1.807) is 36.7 Å². The largest absolute Gasteiger partial charge is 0.507 e. The highest BCUT2D eigenvalue weighted by Crippen LogP contribution is 2.44. The maximum absolute atomic E-state index is 13.3. The lowest BCUT2D eigenvalue weighted by atomic mass is 9.95. The average Bonchev–Trinajstić information content (AvgIpc) is 3.55. The van der Waals surface area contributed by atoms with Crippen molar-refractivity contribution in [3.63, 3.8) is 0 Å². The van der Waals surface area contributed by atoms with Gasteiger partial charge in [-0.3, -0.25) is 19.5 Å². The van der Waals surface area contributed by atoms with E-state index in [-0.39, 0.29) is 11.3 Å². The number of hydrogen-bond donors (Lipinski definition) is 1. The minimum absolute atomic E-state index is 0.0318. The fourth-order valence-electron chi connectivity index (χ4n) is 4.34. The number of thiazole rings is 1. The molecule has 1 saturated heterocycles. The zero-order chi connectivity index (χ0) is 22.5. The van der Waals surface area contributed by atoms with Crippen LogP contribution in [0.3, 0.4) is 0 Å². The van der Waals surface area contributed by atoms with Gasteiger partial charge in [-0.25, -0.2) is 4.98 Å². The van der Waals surface area contributed by atoms with E-state index in [1.807, 2.05) is 30.3 Å². The molecule has 4 heterocycles. The molecule has 0 radical (unpaired) electrons. The Balaban J connectivity index is 1.55. The molecule has 4 aromatic rings. The Kier molecular flexibility index (Phi) is 4.48. The van der Waals surface area contributed by atoms with E-state index in [4.69, 9.17) is 4.74 Å². The number of ketones is 1. The first-order valence-electron chi connectivity index (χ1n) is 10.4. The standard InChI is InChI=1S/C25H17N3O4S/c29-22(16-5-6-18-15(13-16)9-12-32-18)20-21(14-7-10-26-11-8-14)28(24(31)23(20)30)25-27-17-3-1-2-4-19(17)33-25/h1-8,10-11,13,21,29H,9,12H2/b22-20+. The highest BCUT2D eigenvalue weighted by atomic mass is 32.1. The molecule has 0 saturated carbocycles. The van der Waals surface area contributed by atoms with E-state index in [9.17, 15) is 14.7 Å². The number of rotatable bonds is 3. The normalized spacial score (nSPS) is 19.2. The van der Waals surface area contributed by atoms with Crippen molar-refractivity contribution in [2.45, 2.75) is 12.5 Å². The summed E-state index contributed by atoms with van der Waals surface area (Å²) < 4.78 is 6.45. The third-order valence-electron chi connectivity index (χ3n) is 5.92. The summed E-state index contributed by atoms with van der Waals surface area (Å²) in [6, 6.07) is 15.5. The Morgan fingerprint density at radius 3 is 2.73 bits per heavy atom. The third kappa shape index (κ3) is 3.10. The number of carbonyl (C=O) groups is 2. The van der Waals surface area contributed by atoms with Gasteiger partial charge in [-0.1, -0.05) is 23.5 Å². The second-order valence-electron chi connectivity index (χ2n) is 7.83. The number of aliphatic hydroxyl groups excluding tert-OH is 1. The number of benzene rings is 2. The first kappa shape index (κ1) is 19.6. The van der Waals surface area contributed by atoms with Gasteiger partial charge < -0.3 is 9.84 Å². The van der Waals surface area contributed by atoms with Gasteiger partial charge in [0.2, 0.25) is 0 Å². The van der Waals surface area contributed by atoms with Gasteiger partial charge in [-0.05, 0) is 53.6 Å². The van der Waals surface area contributed by atoms with E-state index < -0.39 is 17.7 Å². The molecule has 1 unspecified atom stereocenters. The lowest BCUT2D eigenvalue weighted by Crippen LogP contribution is -2.29. The van der Waals surface area contributed by atoms with Crippen molar-refractivity contribution in [3.05, 3.63) is 89.3 Å². The molecular weight excluding hydrogens is 438 g/mol. The molecule has 1 fully saturated rings. The molecule has 1 N–H and O–H groups in total. The molecule has 162 valence electrons. The molecule has 2 aliphatic heterocycles. The quantitative estimate of drug-likeness (QED) is 0.282. The number of fused-ring (bicyclic) bond motifs is 2. The Morgan fingerprint density at radius 1 is 1.09 bits per heavy atom. The average molecular weight is 455 g/mol. The van der Waals surface area contributed by atoms with Gasteiger partial charge in [0.25, 0.3) is 5.78 Å². The van der Waals surface area contributed by atoms with Gasteiger partial charge in [0.1, 0.15) is 11.5 Å². The summed E-state index contributed by atoms with van der Waals surface area (Å²) in [7, 11) is 0. The Hall–Kier alpha value is -4.04. The molecule has 0 spiro atoms. The maximum atomic E-state index is 13.3. The van der Waals surface area contributed by atoms with E-state index in [2.05, 4.69) is 9.97 Å². The fourth-order valence-corrected chi connectivity index (χ4v) is 5.34. The van der Waals surface area contributed by atoms with Crippen LogP contribution in [0.15, 0.2) is 72.6 Å². The lowest BCUT2D eigenvalue weighted by Gasteiger charge is -2.22. The van der Waals surface area contributed by atoms with Crippen LogP contribution < -0.4 is 9.64 Å². The number of amides is 1. The number of para-hydroxylation sites is 1. The zero-order valence-corrected chi connectivity index (χ0v) is 18.1. The minimum Gasteiger partial charge on any atom is -0.507 e. The van der Waals surface area contributed by atoms with Crippen LogP contribution in [0, 0.1) is 0 Å². The van der Waals surface area contributed by atoms with Crippen LogP contribution in [0.5, 0.6) is 5.75 Å². The van der Waals surface area contributed by atoms with Gasteiger partial charge in [0, 0.05) is 24.4 Å². The second-order valence-corrected chi connectivity index (χ2v) is 8.84. The smallest absolute Gasteiger partial charge is 0.301 e. The van der Waals surface area contributed by atoms with Gasteiger partial charge in [0.15, 0.2) is 5.13 Å². The molecule has 2 aromatic carbocycles. The zero-order valence-electron chi connectivity index (χ0n) is 17.3. The molecule has 2 aliphatic rings. The number of ether oxygens (including phenoxy) is 1. The van der Waals surface area contributed by atoms with Crippen molar-refractivity contribution >= 4 is 44.1 Å². The van der Waals surface area contributed by atoms with Crippen LogP contribution >= 0.6 is 11.3 Å². The van der Waals surface area contributed by atoms with Crippen LogP contribution in [-0.4, -0.2) is 33.4 Å². The molecule has 1 amide bonds. The van der Waals surface area contributed by atoms with Crippen molar-refractivity contribution in [3.8, 4) is 5.75 Å². The number of Topliss-reactive ketones (excluding diaryl/α,β-unsaturated/α-hetero) is 1. The van der Waals surface area contributed by atoms with Crippen LogP contribution in [0.4, 0.5) is 5.13 Å². The molecule has 2 aromatic heterocycles. The minimum atomic E-state index is -0.821. The SMILES string of the molecule is O=C1C(=O)N(c2nc3ccccc3s2)C(c2ccncc2)/C1=C(\O)c1ccc2c(c1)CCO2. The van der Waals surface area contributed by atoms with Crippen molar-refractivity contribution in [1.82, 2.24) is 9.97 Å². The van der Waals surface area contributed by atoms with Crippen LogP contribution in [0.25, 0.3) is 16.0 Å². The van der Waals surface area contributed by atoms with Crippen molar-refractivity contribution < 1.29 is 19.4 Å². The third-order valence-corrected chi connectivity index (χ3v) is 6.95. The lowest BCUT2D eigenvalue weighted by molar-refractivity contribution is -0.132. The Bertz CT molecular complexity index is 1430. The molecule has 33 heavy (non-hydrogen) atoms.